The average molecular weight is 709 g/mol. The molecular formula is C34H39F3N10O4. The first kappa shape index (κ1) is 36.6. The second-order valence-electron chi connectivity index (χ2n) is 13.2. The largest absolute Gasteiger partial charge is 0.446 e. The van der Waals surface area contributed by atoms with Crippen LogP contribution in [0.4, 0.5) is 29.5 Å². The van der Waals surface area contributed by atoms with Gasteiger partial charge in [-0.05, 0) is 70.2 Å². The van der Waals surface area contributed by atoms with Gasteiger partial charge in [-0.2, -0.15) is 23.5 Å². The van der Waals surface area contributed by atoms with Gasteiger partial charge in [-0.15, -0.1) is 0 Å². The van der Waals surface area contributed by atoms with Crippen LogP contribution in [0.1, 0.15) is 68.6 Å². The molecule has 51 heavy (non-hydrogen) atoms. The molecule has 4 N–H and O–H groups in total. The lowest BCUT2D eigenvalue weighted by atomic mass is 9.81. The van der Waals surface area contributed by atoms with Gasteiger partial charge in [0, 0.05) is 54.4 Å². The number of nitriles is 1. The number of rotatable bonds is 12. The fraction of sp³-hybridized carbons (Fsp3) is 0.441. The van der Waals surface area contributed by atoms with Crippen molar-refractivity contribution in [1.29, 1.82) is 5.26 Å². The number of aromatic nitrogens is 5. The quantitative estimate of drug-likeness (QED) is 0.148. The highest BCUT2D eigenvalue weighted by Gasteiger charge is 2.39. The van der Waals surface area contributed by atoms with Crippen LogP contribution < -0.4 is 21.3 Å². The normalized spacial score (nSPS) is 15.8. The molecule has 1 fully saturated rings. The molecule has 3 aromatic heterocycles. The van der Waals surface area contributed by atoms with Gasteiger partial charge in [-0.1, -0.05) is 6.92 Å². The Kier molecular flexibility index (Phi) is 10.8. The lowest BCUT2D eigenvalue weighted by Crippen LogP contribution is -2.47. The SMILES string of the molecule is CCc1cc(Nc2nccn3c(-c4cn(CC#N)nc4C(F)(F)F)cnc23)ccc1C(=O)NCCCNC(=O)C1CC(OC(=O)NC(C)(C)C)C1. The molecule has 0 saturated heterocycles. The Morgan fingerprint density at radius 1 is 1.10 bits per heavy atom. The minimum Gasteiger partial charge on any atom is -0.446 e. The van der Waals surface area contributed by atoms with E-state index in [1.807, 2.05) is 27.7 Å². The van der Waals surface area contributed by atoms with Crippen LogP contribution in [0.2, 0.25) is 0 Å². The molecule has 3 amide bonds. The number of hydrogen-bond donors (Lipinski definition) is 4. The van der Waals surface area contributed by atoms with Crippen molar-refractivity contribution in [2.45, 2.75) is 77.7 Å². The predicted molar refractivity (Wildman–Crippen MR) is 180 cm³/mol. The molecule has 5 rings (SSSR count). The molecular weight excluding hydrogens is 669 g/mol. The molecule has 14 nitrogen and oxygen atoms in total. The highest BCUT2D eigenvalue weighted by molar-refractivity contribution is 5.96. The molecule has 1 aliphatic carbocycles. The summed E-state index contributed by atoms with van der Waals surface area (Å²) in [6, 6.07) is 6.95. The van der Waals surface area contributed by atoms with Gasteiger partial charge in [0.05, 0.1) is 23.5 Å². The van der Waals surface area contributed by atoms with Crippen molar-refractivity contribution in [3.63, 3.8) is 0 Å². The molecule has 0 atom stereocenters. The Hall–Kier alpha value is -5.66. The highest BCUT2D eigenvalue weighted by Crippen LogP contribution is 2.37. The molecule has 17 heteroatoms. The number of imidazole rings is 1. The molecule has 1 aliphatic rings. The topological polar surface area (TPSA) is 180 Å². The number of alkyl halides is 3. The number of benzene rings is 1. The summed E-state index contributed by atoms with van der Waals surface area (Å²) in [5, 5.41) is 24.2. The molecule has 0 unspecified atom stereocenters. The van der Waals surface area contributed by atoms with E-state index in [0.717, 1.165) is 16.4 Å². The molecule has 4 aromatic rings. The number of carbonyl (C=O) groups excluding carboxylic acids is 3. The van der Waals surface area contributed by atoms with Crippen LogP contribution in [0.5, 0.6) is 0 Å². The molecule has 0 bridgehead atoms. The Balaban J connectivity index is 1.14. The molecule has 1 saturated carbocycles. The molecule has 1 aromatic carbocycles. The fourth-order valence-electron chi connectivity index (χ4n) is 5.60. The Labute approximate surface area is 291 Å². The zero-order chi connectivity index (χ0) is 36.9. The van der Waals surface area contributed by atoms with Crippen molar-refractivity contribution in [3.05, 3.63) is 59.8 Å². The molecule has 270 valence electrons. The summed E-state index contributed by atoms with van der Waals surface area (Å²) in [6.45, 7) is 7.84. The number of nitrogens with zero attached hydrogens (tertiary/aromatic N) is 6. The summed E-state index contributed by atoms with van der Waals surface area (Å²) in [7, 11) is 0. The summed E-state index contributed by atoms with van der Waals surface area (Å²) >= 11 is 0. The van der Waals surface area contributed by atoms with Gasteiger partial charge in [0.15, 0.2) is 17.2 Å². The van der Waals surface area contributed by atoms with Crippen molar-refractivity contribution < 1.29 is 32.3 Å². The van der Waals surface area contributed by atoms with E-state index in [4.69, 9.17) is 10.00 Å². The standard InChI is InChI=1S/C34H39F3N10O4/c1-5-20-15-22(43-28-29-42-18-26(47(29)14-12-39-28)25-19-46(13-9-38)45-27(25)34(35,36)37)7-8-24(20)31(49)41-11-6-10-40-30(48)21-16-23(17-21)51-32(50)44-33(2,3)4/h7-8,12,14-15,18-19,21,23H,5-6,10-11,13,16-17H2,1-4H3,(H,39,43)(H,40,48)(H,41,49)(H,44,50). The van der Waals surface area contributed by atoms with E-state index in [9.17, 15) is 27.6 Å². The summed E-state index contributed by atoms with van der Waals surface area (Å²) in [5.41, 5.74) is 0.439. The van der Waals surface area contributed by atoms with Gasteiger partial charge in [-0.25, -0.2) is 14.8 Å². The van der Waals surface area contributed by atoms with E-state index in [1.165, 1.54) is 23.0 Å². The minimum atomic E-state index is -4.75. The Morgan fingerprint density at radius 3 is 2.53 bits per heavy atom. The highest BCUT2D eigenvalue weighted by atomic mass is 19.4. The predicted octanol–water partition coefficient (Wildman–Crippen LogP) is 4.98. The minimum absolute atomic E-state index is 0.108. The third-order valence-corrected chi connectivity index (χ3v) is 8.12. The lowest BCUT2D eigenvalue weighted by Gasteiger charge is -2.34. The second-order valence-corrected chi connectivity index (χ2v) is 13.2. The smallest absolute Gasteiger partial charge is 0.435 e. The first-order chi connectivity index (χ1) is 24.2. The van der Waals surface area contributed by atoms with Crippen molar-refractivity contribution in [2.75, 3.05) is 18.4 Å². The number of amides is 3. The second kappa shape index (κ2) is 15.1. The summed E-state index contributed by atoms with van der Waals surface area (Å²) in [4.78, 5) is 46.0. The van der Waals surface area contributed by atoms with Gasteiger partial charge in [0.1, 0.15) is 12.6 Å². The van der Waals surface area contributed by atoms with Crippen molar-refractivity contribution in [2.24, 2.45) is 5.92 Å². The number of alkyl carbamates (subject to hydrolysis) is 1. The van der Waals surface area contributed by atoms with E-state index in [2.05, 4.69) is 36.3 Å². The number of fused-ring (bicyclic) bond motifs is 1. The van der Waals surface area contributed by atoms with Gasteiger partial charge >= 0.3 is 12.3 Å². The summed E-state index contributed by atoms with van der Waals surface area (Å²) in [5.74, 6) is -0.318. The monoisotopic (exact) mass is 708 g/mol. The van der Waals surface area contributed by atoms with Crippen molar-refractivity contribution in [3.8, 4) is 17.3 Å². The Morgan fingerprint density at radius 2 is 1.84 bits per heavy atom. The van der Waals surface area contributed by atoms with Crippen LogP contribution in [-0.4, -0.2) is 66.8 Å². The van der Waals surface area contributed by atoms with E-state index < -0.39 is 23.5 Å². The number of ether oxygens (including phenoxy) is 1. The third kappa shape index (κ3) is 8.93. The summed E-state index contributed by atoms with van der Waals surface area (Å²) < 4.78 is 49.1. The number of halogens is 3. The van der Waals surface area contributed by atoms with E-state index in [-0.39, 0.29) is 53.1 Å². The number of carbonyl (C=O) groups is 3. The number of anilines is 2. The average Bonchev–Trinajstić information content (AvgIpc) is 3.66. The van der Waals surface area contributed by atoms with Crippen molar-refractivity contribution in [1.82, 2.24) is 40.1 Å². The molecule has 3 heterocycles. The molecule has 0 aliphatic heterocycles. The number of hydrogen-bond acceptors (Lipinski definition) is 9. The number of aryl methyl sites for hydroxylation is 1. The first-order valence-electron chi connectivity index (χ1n) is 16.5. The van der Waals surface area contributed by atoms with E-state index in [1.54, 1.807) is 24.3 Å². The van der Waals surface area contributed by atoms with Gasteiger partial charge in [-0.3, -0.25) is 18.7 Å². The van der Waals surface area contributed by atoms with Crippen LogP contribution in [0, 0.1) is 17.2 Å². The van der Waals surface area contributed by atoms with Crippen molar-refractivity contribution >= 4 is 35.1 Å². The zero-order valence-electron chi connectivity index (χ0n) is 28.6. The maximum Gasteiger partial charge on any atom is 0.435 e. The van der Waals surface area contributed by atoms with Gasteiger partial charge in [0.25, 0.3) is 5.91 Å². The zero-order valence-corrected chi connectivity index (χ0v) is 28.6. The molecule has 0 radical (unpaired) electrons. The third-order valence-electron chi connectivity index (χ3n) is 8.12. The fourth-order valence-corrected chi connectivity index (χ4v) is 5.60. The first-order valence-corrected chi connectivity index (χ1v) is 16.5. The van der Waals surface area contributed by atoms with E-state index >= 15 is 0 Å². The van der Waals surface area contributed by atoms with Gasteiger partial charge < -0.3 is 26.0 Å². The van der Waals surface area contributed by atoms with Crippen LogP contribution in [0.15, 0.2) is 43.0 Å². The number of nitrogens with one attached hydrogen (secondary N) is 4. The van der Waals surface area contributed by atoms with Crippen LogP contribution in [0.3, 0.4) is 0 Å². The maximum atomic E-state index is 13.8. The van der Waals surface area contributed by atoms with Gasteiger partial charge in [0.2, 0.25) is 5.91 Å². The summed E-state index contributed by atoms with van der Waals surface area (Å²) in [6.07, 6.45) is 1.82. The van der Waals surface area contributed by atoms with Crippen LogP contribution in [-0.2, 0) is 28.7 Å². The van der Waals surface area contributed by atoms with E-state index in [0.29, 0.717) is 50.0 Å². The van der Waals surface area contributed by atoms with Crippen LogP contribution >= 0.6 is 0 Å². The maximum absolute atomic E-state index is 13.8. The van der Waals surface area contributed by atoms with Crippen LogP contribution in [0.25, 0.3) is 16.9 Å². The lowest BCUT2D eigenvalue weighted by molar-refractivity contribution is -0.141. The molecule has 0 spiro atoms. The Bertz CT molecular complexity index is 1950.